The number of piperazine rings is 1. The lowest BCUT2D eigenvalue weighted by molar-refractivity contribution is -0.120. The first-order valence-corrected chi connectivity index (χ1v) is 10.5. The zero-order valence-corrected chi connectivity index (χ0v) is 17.1. The summed E-state index contributed by atoms with van der Waals surface area (Å²) >= 11 is 0. The van der Waals surface area contributed by atoms with Crippen molar-refractivity contribution in [1.82, 2.24) is 20.0 Å². The predicted octanol–water partition coefficient (Wildman–Crippen LogP) is 1.62. The van der Waals surface area contributed by atoms with Crippen molar-refractivity contribution in [2.75, 3.05) is 38.1 Å². The summed E-state index contributed by atoms with van der Waals surface area (Å²) in [5, 5.41) is 7.73. The molecule has 1 aromatic heterocycles. The SMILES string of the molecule is CN=C(NCC1C2CCc3ccccc3C21)N1CCN(c2cnn(C)c2)C(=O)C1. The molecule has 2 fully saturated rings. The summed E-state index contributed by atoms with van der Waals surface area (Å²) in [6.45, 7) is 2.68. The molecular weight excluding hydrogens is 364 g/mol. The average molecular weight is 393 g/mol. The van der Waals surface area contributed by atoms with Crippen LogP contribution in [-0.4, -0.2) is 59.8 Å². The molecule has 2 aliphatic carbocycles. The number of hydrogen-bond donors (Lipinski definition) is 1. The van der Waals surface area contributed by atoms with Crippen LogP contribution < -0.4 is 10.2 Å². The third-order valence-corrected chi connectivity index (χ3v) is 6.72. The number of amides is 1. The second kappa shape index (κ2) is 7.21. The van der Waals surface area contributed by atoms with E-state index in [4.69, 9.17) is 0 Å². The third kappa shape index (κ3) is 3.28. The first kappa shape index (κ1) is 18.2. The fraction of sp³-hybridized carbons (Fsp3) is 0.500. The molecule has 3 aliphatic rings. The molecule has 29 heavy (non-hydrogen) atoms. The molecule has 0 bridgehead atoms. The van der Waals surface area contributed by atoms with Crippen LogP contribution in [0.5, 0.6) is 0 Å². The molecule has 152 valence electrons. The molecule has 1 aliphatic heterocycles. The fourth-order valence-electron chi connectivity index (χ4n) is 5.20. The van der Waals surface area contributed by atoms with E-state index in [0.29, 0.717) is 24.9 Å². The molecule has 7 nitrogen and oxygen atoms in total. The average Bonchev–Trinajstić information content (AvgIpc) is 3.29. The third-order valence-electron chi connectivity index (χ3n) is 6.72. The molecule has 1 aromatic carbocycles. The Hall–Kier alpha value is -2.83. The Morgan fingerprint density at radius 1 is 1.31 bits per heavy atom. The first-order valence-electron chi connectivity index (χ1n) is 10.5. The Labute approximate surface area is 171 Å². The number of anilines is 1. The van der Waals surface area contributed by atoms with Crippen molar-refractivity contribution >= 4 is 17.6 Å². The van der Waals surface area contributed by atoms with Gasteiger partial charge in [0, 0.05) is 39.9 Å². The maximum absolute atomic E-state index is 12.7. The molecular formula is C22H28N6O. The first-order chi connectivity index (χ1) is 14.2. The number of aliphatic imine (C=N–C) groups is 1. The van der Waals surface area contributed by atoms with Crippen molar-refractivity contribution in [2.24, 2.45) is 23.9 Å². The molecule has 0 spiro atoms. The number of hydrogen-bond acceptors (Lipinski definition) is 3. The van der Waals surface area contributed by atoms with E-state index in [2.05, 4.69) is 44.6 Å². The predicted molar refractivity (Wildman–Crippen MR) is 113 cm³/mol. The van der Waals surface area contributed by atoms with E-state index < -0.39 is 0 Å². The van der Waals surface area contributed by atoms with Gasteiger partial charge in [-0.2, -0.15) is 5.10 Å². The van der Waals surface area contributed by atoms with Crippen molar-refractivity contribution in [2.45, 2.75) is 18.8 Å². The Bertz CT molecular complexity index is 950. The quantitative estimate of drug-likeness (QED) is 0.637. The Morgan fingerprint density at radius 2 is 2.17 bits per heavy atom. The monoisotopic (exact) mass is 392 g/mol. The highest BCUT2D eigenvalue weighted by Crippen LogP contribution is 2.59. The van der Waals surface area contributed by atoms with Crippen LogP contribution in [0.4, 0.5) is 5.69 Å². The van der Waals surface area contributed by atoms with E-state index in [-0.39, 0.29) is 5.91 Å². The number of aryl methyl sites for hydroxylation is 2. The van der Waals surface area contributed by atoms with Crippen LogP contribution in [0.15, 0.2) is 41.7 Å². The van der Waals surface area contributed by atoms with Gasteiger partial charge in [-0.15, -0.1) is 0 Å². The molecule has 1 amide bonds. The van der Waals surface area contributed by atoms with E-state index >= 15 is 0 Å². The topological polar surface area (TPSA) is 65.8 Å². The number of nitrogens with zero attached hydrogens (tertiary/aromatic N) is 5. The van der Waals surface area contributed by atoms with Gasteiger partial charge >= 0.3 is 0 Å². The normalized spacial score (nSPS) is 26.2. The number of rotatable bonds is 3. The molecule has 3 unspecified atom stereocenters. The number of carbonyl (C=O) groups is 1. The Kier molecular flexibility index (Phi) is 4.53. The van der Waals surface area contributed by atoms with Crippen LogP contribution in [0.3, 0.4) is 0 Å². The van der Waals surface area contributed by atoms with Gasteiger partial charge in [0.25, 0.3) is 0 Å². The van der Waals surface area contributed by atoms with E-state index in [9.17, 15) is 4.79 Å². The zero-order chi connectivity index (χ0) is 20.0. The van der Waals surface area contributed by atoms with Gasteiger partial charge in [0.05, 0.1) is 11.9 Å². The standard InChI is InChI=1S/C22H28N6O/c1-23-22(27-9-10-28(20(29)14-27)16-11-25-26(2)13-16)24-12-19-18-8-7-15-5-3-4-6-17(15)21(18)19/h3-6,11,13,18-19,21H,7-10,12,14H2,1-2H3,(H,23,24). The highest BCUT2D eigenvalue weighted by molar-refractivity contribution is 5.98. The lowest BCUT2D eigenvalue weighted by Gasteiger charge is -2.35. The van der Waals surface area contributed by atoms with Gasteiger partial charge in [-0.25, -0.2) is 0 Å². The number of nitrogens with one attached hydrogen (secondary N) is 1. The summed E-state index contributed by atoms with van der Waals surface area (Å²) in [6, 6.07) is 8.90. The minimum atomic E-state index is 0.0845. The summed E-state index contributed by atoms with van der Waals surface area (Å²) in [5.41, 5.74) is 3.93. The second-order valence-electron chi connectivity index (χ2n) is 8.36. The second-order valence-corrected chi connectivity index (χ2v) is 8.36. The minimum absolute atomic E-state index is 0.0845. The molecule has 5 rings (SSSR count). The Morgan fingerprint density at radius 3 is 2.93 bits per heavy atom. The van der Waals surface area contributed by atoms with Gasteiger partial charge < -0.3 is 15.1 Å². The van der Waals surface area contributed by atoms with Crippen LogP contribution >= 0.6 is 0 Å². The van der Waals surface area contributed by atoms with Crippen molar-refractivity contribution in [3.05, 3.63) is 47.8 Å². The summed E-state index contributed by atoms with van der Waals surface area (Å²) in [5.74, 6) is 3.07. The summed E-state index contributed by atoms with van der Waals surface area (Å²) in [4.78, 5) is 21.0. The van der Waals surface area contributed by atoms with Gasteiger partial charge in [-0.1, -0.05) is 24.3 Å². The van der Waals surface area contributed by atoms with Gasteiger partial charge in [0.15, 0.2) is 5.96 Å². The maximum atomic E-state index is 12.7. The van der Waals surface area contributed by atoms with Crippen LogP contribution in [-0.2, 0) is 18.3 Å². The number of benzene rings is 1. The summed E-state index contributed by atoms with van der Waals surface area (Å²) in [6.07, 6.45) is 6.11. The lowest BCUT2D eigenvalue weighted by atomic mass is 9.92. The minimum Gasteiger partial charge on any atom is -0.356 e. The van der Waals surface area contributed by atoms with E-state index in [0.717, 1.165) is 30.7 Å². The number of fused-ring (bicyclic) bond motifs is 3. The van der Waals surface area contributed by atoms with Crippen LogP contribution in [0, 0.1) is 11.8 Å². The number of carbonyl (C=O) groups excluding carboxylic acids is 1. The van der Waals surface area contributed by atoms with Crippen LogP contribution in [0.25, 0.3) is 0 Å². The molecule has 2 aromatic rings. The van der Waals surface area contributed by atoms with Crippen molar-refractivity contribution in [1.29, 1.82) is 0 Å². The van der Waals surface area contributed by atoms with Gasteiger partial charge in [0.2, 0.25) is 5.91 Å². The summed E-state index contributed by atoms with van der Waals surface area (Å²) < 4.78 is 1.72. The molecule has 0 radical (unpaired) electrons. The van der Waals surface area contributed by atoms with Crippen LogP contribution in [0.1, 0.15) is 23.5 Å². The Balaban J connectivity index is 1.19. The van der Waals surface area contributed by atoms with Crippen LogP contribution in [0.2, 0.25) is 0 Å². The summed E-state index contributed by atoms with van der Waals surface area (Å²) in [7, 11) is 3.67. The highest BCUT2D eigenvalue weighted by atomic mass is 16.2. The van der Waals surface area contributed by atoms with E-state index in [1.165, 1.54) is 18.4 Å². The van der Waals surface area contributed by atoms with Crippen molar-refractivity contribution in [3.8, 4) is 0 Å². The molecule has 2 heterocycles. The lowest BCUT2D eigenvalue weighted by Crippen LogP contribution is -2.55. The number of aromatic nitrogens is 2. The fourth-order valence-corrected chi connectivity index (χ4v) is 5.20. The van der Waals surface area contributed by atoms with Gasteiger partial charge in [-0.3, -0.25) is 14.5 Å². The van der Waals surface area contributed by atoms with Gasteiger partial charge in [-0.05, 0) is 41.7 Å². The maximum Gasteiger partial charge on any atom is 0.246 e. The molecule has 1 saturated carbocycles. The number of guanidine groups is 1. The van der Waals surface area contributed by atoms with Crippen molar-refractivity contribution < 1.29 is 4.79 Å². The molecule has 7 heteroatoms. The largest absolute Gasteiger partial charge is 0.356 e. The molecule has 3 atom stereocenters. The van der Waals surface area contributed by atoms with Gasteiger partial charge in [0.1, 0.15) is 6.54 Å². The van der Waals surface area contributed by atoms with Crippen molar-refractivity contribution in [3.63, 3.8) is 0 Å². The van der Waals surface area contributed by atoms with E-state index in [1.807, 2.05) is 18.1 Å². The molecule has 1 saturated heterocycles. The highest BCUT2D eigenvalue weighted by Gasteiger charge is 2.52. The van der Waals surface area contributed by atoms with E-state index in [1.54, 1.807) is 23.5 Å². The molecule has 1 N–H and O–H groups in total. The smallest absolute Gasteiger partial charge is 0.246 e. The zero-order valence-electron chi connectivity index (χ0n) is 17.1.